The van der Waals surface area contributed by atoms with Gasteiger partial charge in [0, 0.05) is 5.56 Å². The van der Waals surface area contributed by atoms with Crippen molar-refractivity contribution in [3.8, 4) is 0 Å². The Morgan fingerprint density at radius 3 is 2.36 bits per heavy atom. The molecule has 0 unspecified atom stereocenters. The average Bonchev–Trinajstić information content (AvgIpc) is 2.01. The fourth-order valence-corrected chi connectivity index (χ4v) is 1.32. The second-order valence-corrected chi connectivity index (χ2v) is 3.95. The van der Waals surface area contributed by atoms with E-state index >= 15 is 0 Å². The number of rotatable bonds is 2. The first-order chi connectivity index (χ1) is 6.32. The molecule has 0 heterocycles. The van der Waals surface area contributed by atoms with Crippen LogP contribution < -0.4 is 5.73 Å². The number of nitrogens with two attached hydrogens (primary N) is 1. The molecule has 1 aromatic rings. The lowest BCUT2D eigenvalue weighted by Gasteiger charge is -2.18. The number of aryl methyl sites for hydroxylation is 1. The molecule has 0 bridgehead atoms. The number of aliphatic hydroxyl groups is 1. The van der Waals surface area contributed by atoms with Gasteiger partial charge in [-0.2, -0.15) is 0 Å². The van der Waals surface area contributed by atoms with Gasteiger partial charge >= 0.3 is 0 Å². The maximum Gasteiger partial charge on any atom is 0.248 e. The summed E-state index contributed by atoms with van der Waals surface area (Å²) in [6, 6.07) is 5.14. The van der Waals surface area contributed by atoms with Crippen molar-refractivity contribution in [3.63, 3.8) is 0 Å². The molecular weight excluding hydrogens is 178 g/mol. The molecule has 0 saturated carbocycles. The van der Waals surface area contributed by atoms with Gasteiger partial charge in [0.05, 0.1) is 5.60 Å². The third kappa shape index (κ3) is 2.12. The molecule has 0 aliphatic carbocycles. The van der Waals surface area contributed by atoms with Gasteiger partial charge in [-0.05, 0) is 38.0 Å². The Morgan fingerprint density at radius 2 is 2.00 bits per heavy atom. The van der Waals surface area contributed by atoms with Crippen LogP contribution in [0.15, 0.2) is 18.2 Å². The summed E-state index contributed by atoms with van der Waals surface area (Å²) in [7, 11) is 0. The molecule has 0 aliphatic heterocycles. The summed E-state index contributed by atoms with van der Waals surface area (Å²) in [6.45, 7) is 5.20. The molecule has 3 nitrogen and oxygen atoms in total. The molecule has 0 atom stereocenters. The number of carbonyl (C=O) groups excluding carboxylic acids is 1. The highest BCUT2D eigenvalue weighted by Crippen LogP contribution is 2.21. The van der Waals surface area contributed by atoms with Crippen molar-refractivity contribution in [2.45, 2.75) is 26.4 Å². The Morgan fingerprint density at radius 1 is 1.43 bits per heavy atom. The molecule has 0 spiro atoms. The second kappa shape index (κ2) is 3.42. The molecule has 0 fully saturated rings. The molecule has 76 valence electrons. The Kier molecular flexibility index (Phi) is 2.62. The SMILES string of the molecule is Cc1cc(C(C)(C)O)ccc1C(N)=O. The smallest absolute Gasteiger partial charge is 0.248 e. The Bertz CT molecular complexity index is 364. The lowest BCUT2D eigenvalue weighted by Crippen LogP contribution is -2.18. The summed E-state index contributed by atoms with van der Waals surface area (Å²) in [5, 5.41) is 9.73. The zero-order valence-electron chi connectivity index (χ0n) is 8.66. The first-order valence-electron chi connectivity index (χ1n) is 4.45. The van der Waals surface area contributed by atoms with Gasteiger partial charge in [0.1, 0.15) is 0 Å². The van der Waals surface area contributed by atoms with Crippen LogP contribution in [-0.4, -0.2) is 11.0 Å². The molecule has 0 saturated heterocycles. The van der Waals surface area contributed by atoms with E-state index in [-0.39, 0.29) is 0 Å². The number of primary amides is 1. The van der Waals surface area contributed by atoms with Crippen molar-refractivity contribution in [2.75, 3.05) is 0 Å². The Hall–Kier alpha value is -1.35. The van der Waals surface area contributed by atoms with Crippen LogP contribution in [0.25, 0.3) is 0 Å². The van der Waals surface area contributed by atoms with Gasteiger partial charge in [0.2, 0.25) is 5.91 Å². The van der Waals surface area contributed by atoms with Crippen LogP contribution in [0, 0.1) is 6.92 Å². The van der Waals surface area contributed by atoms with E-state index in [0.717, 1.165) is 11.1 Å². The molecule has 14 heavy (non-hydrogen) atoms. The van der Waals surface area contributed by atoms with E-state index in [0.29, 0.717) is 5.56 Å². The average molecular weight is 193 g/mol. The molecule has 3 heteroatoms. The van der Waals surface area contributed by atoms with Crippen LogP contribution in [0.2, 0.25) is 0 Å². The standard InChI is InChI=1S/C11H15NO2/c1-7-6-8(11(2,3)14)4-5-9(7)10(12)13/h4-6,14H,1-3H3,(H2,12,13). The predicted octanol–water partition coefficient (Wildman–Crippen LogP) is 1.32. The predicted molar refractivity (Wildman–Crippen MR) is 54.9 cm³/mol. The topological polar surface area (TPSA) is 63.3 Å². The molecular formula is C11H15NO2. The highest BCUT2D eigenvalue weighted by atomic mass is 16.3. The lowest BCUT2D eigenvalue weighted by molar-refractivity contribution is 0.0784. The fourth-order valence-electron chi connectivity index (χ4n) is 1.32. The van der Waals surface area contributed by atoms with Crippen molar-refractivity contribution in [1.29, 1.82) is 0 Å². The van der Waals surface area contributed by atoms with E-state index in [4.69, 9.17) is 5.73 Å². The number of benzene rings is 1. The van der Waals surface area contributed by atoms with Gasteiger partial charge < -0.3 is 10.8 Å². The lowest BCUT2D eigenvalue weighted by atomic mass is 9.94. The van der Waals surface area contributed by atoms with E-state index in [1.54, 1.807) is 39.0 Å². The van der Waals surface area contributed by atoms with Crippen LogP contribution in [0.1, 0.15) is 35.3 Å². The molecule has 0 aliphatic rings. The van der Waals surface area contributed by atoms with Gasteiger partial charge in [-0.15, -0.1) is 0 Å². The largest absolute Gasteiger partial charge is 0.386 e. The minimum absolute atomic E-state index is 0.440. The van der Waals surface area contributed by atoms with E-state index in [9.17, 15) is 9.90 Å². The minimum Gasteiger partial charge on any atom is -0.386 e. The van der Waals surface area contributed by atoms with Gasteiger partial charge in [0.15, 0.2) is 0 Å². The Labute approximate surface area is 83.6 Å². The summed E-state index contributed by atoms with van der Waals surface area (Å²) >= 11 is 0. The van der Waals surface area contributed by atoms with E-state index in [1.165, 1.54) is 0 Å². The zero-order chi connectivity index (χ0) is 10.9. The summed E-state index contributed by atoms with van der Waals surface area (Å²) in [4.78, 5) is 10.9. The van der Waals surface area contributed by atoms with Gasteiger partial charge in [0.25, 0.3) is 0 Å². The Balaban J connectivity index is 3.20. The number of carbonyl (C=O) groups is 1. The van der Waals surface area contributed by atoms with Crippen LogP contribution in [0.3, 0.4) is 0 Å². The summed E-state index contributed by atoms with van der Waals surface area (Å²) in [5.41, 5.74) is 6.35. The van der Waals surface area contributed by atoms with Crippen molar-refractivity contribution < 1.29 is 9.90 Å². The van der Waals surface area contributed by atoms with Crippen LogP contribution >= 0.6 is 0 Å². The molecule has 0 aromatic heterocycles. The third-order valence-electron chi connectivity index (χ3n) is 2.20. The van der Waals surface area contributed by atoms with Crippen molar-refractivity contribution >= 4 is 5.91 Å². The van der Waals surface area contributed by atoms with Crippen molar-refractivity contribution in [3.05, 3.63) is 34.9 Å². The monoisotopic (exact) mass is 193 g/mol. The minimum atomic E-state index is -0.888. The number of hydrogen-bond acceptors (Lipinski definition) is 2. The van der Waals surface area contributed by atoms with Gasteiger partial charge in [-0.3, -0.25) is 4.79 Å². The van der Waals surface area contributed by atoms with Crippen LogP contribution in [0.5, 0.6) is 0 Å². The third-order valence-corrected chi connectivity index (χ3v) is 2.20. The summed E-state index contributed by atoms with van der Waals surface area (Å²) < 4.78 is 0. The molecule has 1 amide bonds. The summed E-state index contributed by atoms with van der Waals surface area (Å²) in [6.07, 6.45) is 0. The van der Waals surface area contributed by atoms with E-state index < -0.39 is 11.5 Å². The molecule has 1 aromatic carbocycles. The maximum absolute atomic E-state index is 10.9. The van der Waals surface area contributed by atoms with Crippen molar-refractivity contribution in [1.82, 2.24) is 0 Å². The highest BCUT2D eigenvalue weighted by Gasteiger charge is 2.17. The van der Waals surface area contributed by atoms with Crippen LogP contribution in [-0.2, 0) is 5.60 Å². The number of hydrogen-bond donors (Lipinski definition) is 2. The van der Waals surface area contributed by atoms with E-state index in [2.05, 4.69) is 0 Å². The number of amides is 1. The normalized spacial score (nSPS) is 11.4. The molecule has 3 N–H and O–H groups in total. The second-order valence-electron chi connectivity index (χ2n) is 3.95. The summed E-state index contributed by atoms with van der Waals surface area (Å²) in [5.74, 6) is -0.440. The maximum atomic E-state index is 10.9. The van der Waals surface area contributed by atoms with Gasteiger partial charge in [-0.25, -0.2) is 0 Å². The van der Waals surface area contributed by atoms with Gasteiger partial charge in [-0.1, -0.05) is 12.1 Å². The fraction of sp³-hybridized carbons (Fsp3) is 0.364. The highest BCUT2D eigenvalue weighted by molar-refractivity contribution is 5.94. The first-order valence-corrected chi connectivity index (χ1v) is 4.45. The quantitative estimate of drug-likeness (QED) is 0.744. The molecule has 1 rings (SSSR count). The van der Waals surface area contributed by atoms with E-state index in [1.807, 2.05) is 0 Å². The molecule has 0 radical (unpaired) electrons. The zero-order valence-corrected chi connectivity index (χ0v) is 8.66. The van der Waals surface area contributed by atoms with Crippen LogP contribution in [0.4, 0.5) is 0 Å². The van der Waals surface area contributed by atoms with Crippen molar-refractivity contribution in [2.24, 2.45) is 5.73 Å². The first kappa shape index (κ1) is 10.7.